The molecule has 0 bridgehead atoms. The third kappa shape index (κ3) is 5.38. The van der Waals surface area contributed by atoms with Crippen molar-refractivity contribution in [2.24, 2.45) is 0 Å². The van der Waals surface area contributed by atoms with Gasteiger partial charge in [-0.3, -0.25) is 4.79 Å². The number of amides is 1. The molecule has 0 radical (unpaired) electrons. The molecular weight excluding hydrogens is 328 g/mol. The number of esters is 1. The summed E-state index contributed by atoms with van der Waals surface area (Å²) in [7, 11) is 0. The fourth-order valence-electron chi connectivity index (χ4n) is 2.14. The first kappa shape index (κ1) is 18.6. The number of rotatable bonds is 4. The van der Waals surface area contributed by atoms with Gasteiger partial charge in [0.1, 0.15) is 11.6 Å². The molecule has 2 aromatic carbocycles. The van der Waals surface area contributed by atoms with Gasteiger partial charge in [-0.1, -0.05) is 32.9 Å². The van der Waals surface area contributed by atoms with Gasteiger partial charge in [-0.2, -0.15) is 0 Å². The molecule has 0 saturated carbocycles. The van der Waals surface area contributed by atoms with E-state index in [-0.39, 0.29) is 11.0 Å². The zero-order valence-electron chi connectivity index (χ0n) is 14.2. The van der Waals surface area contributed by atoms with Gasteiger partial charge in [0.25, 0.3) is 5.91 Å². The van der Waals surface area contributed by atoms with Gasteiger partial charge in [-0.15, -0.1) is 0 Å². The second kappa shape index (κ2) is 7.42. The third-order valence-corrected chi connectivity index (χ3v) is 3.47. The first-order valence-electron chi connectivity index (χ1n) is 7.69. The highest BCUT2D eigenvalue weighted by Crippen LogP contribution is 2.23. The zero-order valence-corrected chi connectivity index (χ0v) is 14.2. The molecule has 25 heavy (non-hydrogen) atoms. The Hall–Kier alpha value is -2.76. The highest BCUT2D eigenvalue weighted by Gasteiger charge is 2.15. The molecule has 2 aromatic rings. The molecule has 4 nitrogen and oxygen atoms in total. The van der Waals surface area contributed by atoms with E-state index in [9.17, 15) is 18.4 Å². The van der Waals surface area contributed by atoms with Crippen LogP contribution in [-0.2, 0) is 14.9 Å². The summed E-state index contributed by atoms with van der Waals surface area (Å²) in [4.78, 5) is 23.6. The van der Waals surface area contributed by atoms with Crippen molar-refractivity contribution in [3.8, 4) is 0 Å². The van der Waals surface area contributed by atoms with E-state index in [0.717, 1.165) is 17.7 Å². The van der Waals surface area contributed by atoms with Gasteiger partial charge in [0.15, 0.2) is 6.61 Å². The molecule has 1 amide bonds. The van der Waals surface area contributed by atoms with Crippen molar-refractivity contribution >= 4 is 17.6 Å². The smallest absolute Gasteiger partial charge is 0.338 e. The molecule has 132 valence electrons. The lowest BCUT2D eigenvalue weighted by Gasteiger charge is -2.19. The summed E-state index contributed by atoms with van der Waals surface area (Å²) in [5.41, 5.74) is 1.38. The van der Waals surface area contributed by atoms with Crippen LogP contribution >= 0.6 is 0 Å². The van der Waals surface area contributed by atoms with Gasteiger partial charge in [-0.05, 0) is 35.2 Å². The van der Waals surface area contributed by atoms with E-state index in [1.807, 2.05) is 12.1 Å². The van der Waals surface area contributed by atoms with Crippen molar-refractivity contribution in [3.63, 3.8) is 0 Å². The number of nitrogens with one attached hydrogen (secondary N) is 1. The Labute approximate surface area is 144 Å². The van der Waals surface area contributed by atoms with Crippen molar-refractivity contribution in [2.75, 3.05) is 11.9 Å². The summed E-state index contributed by atoms with van der Waals surface area (Å²) >= 11 is 0. The quantitative estimate of drug-likeness (QED) is 0.849. The van der Waals surface area contributed by atoms with Crippen LogP contribution in [-0.4, -0.2) is 18.5 Å². The number of ether oxygens (including phenoxy) is 1. The van der Waals surface area contributed by atoms with E-state index < -0.39 is 30.1 Å². The molecule has 0 aromatic heterocycles. The minimum absolute atomic E-state index is 0.00169. The maximum Gasteiger partial charge on any atom is 0.338 e. The predicted octanol–water partition coefficient (Wildman–Crippen LogP) is 4.06. The summed E-state index contributed by atoms with van der Waals surface area (Å²) in [6, 6.07) is 9.63. The SMILES string of the molecule is CC(C)(C)c1ccc(NC(=O)COC(=O)c2cc(F)cc(F)c2)cc1. The lowest BCUT2D eigenvalue weighted by Crippen LogP contribution is -2.21. The largest absolute Gasteiger partial charge is 0.452 e. The molecule has 0 aliphatic carbocycles. The maximum atomic E-state index is 13.1. The number of carbonyl (C=O) groups is 2. The molecule has 0 aliphatic rings. The van der Waals surface area contributed by atoms with E-state index >= 15 is 0 Å². The number of halogens is 2. The number of hydrogen-bond acceptors (Lipinski definition) is 3. The van der Waals surface area contributed by atoms with Crippen molar-refractivity contribution < 1.29 is 23.1 Å². The Morgan fingerprint density at radius 1 is 1.00 bits per heavy atom. The summed E-state index contributed by atoms with van der Waals surface area (Å²) in [5.74, 6) is -3.31. The van der Waals surface area contributed by atoms with E-state index in [1.165, 1.54) is 0 Å². The Morgan fingerprint density at radius 3 is 2.08 bits per heavy atom. The average Bonchev–Trinajstić information content (AvgIpc) is 2.51. The molecular formula is C19H19F2NO3. The number of carbonyl (C=O) groups excluding carboxylic acids is 2. The van der Waals surface area contributed by atoms with Crippen LogP contribution in [0.25, 0.3) is 0 Å². The van der Waals surface area contributed by atoms with Gasteiger partial charge in [0, 0.05) is 11.8 Å². The molecule has 0 atom stereocenters. The van der Waals surface area contributed by atoms with Crippen LogP contribution in [0.3, 0.4) is 0 Å². The van der Waals surface area contributed by atoms with E-state index in [4.69, 9.17) is 4.74 Å². The van der Waals surface area contributed by atoms with Gasteiger partial charge in [-0.25, -0.2) is 13.6 Å². The third-order valence-electron chi connectivity index (χ3n) is 3.47. The Bertz CT molecular complexity index is 760. The first-order chi connectivity index (χ1) is 11.6. The highest BCUT2D eigenvalue weighted by atomic mass is 19.1. The van der Waals surface area contributed by atoms with Crippen molar-refractivity contribution in [1.29, 1.82) is 0 Å². The molecule has 0 heterocycles. The van der Waals surface area contributed by atoms with Crippen LogP contribution in [0.4, 0.5) is 14.5 Å². The molecule has 0 fully saturated rings. The standard InChI is InChI=1S/C19H19F2NO3/c1-19(2,3)13-4-6-16(7-5-13)22-17(23)11-25-18(24)12-8-14(20)10-15(21)9-12/h4-10H,11H2,1-3H3,(H,22,23). The fourth-order valence-corrected chi connectivity index (χ4v) is 2.14. The number of hydrogen-bond donors (Lipinski definition) is 1. The van der Waals surface area contributed by atoms with Crippen molar-refractivity contribution in [3.05, 3.63) is 65.2 Å². The Morgan fingerprint density at radius 2 is 1.56 bits per heavy atom. The monoisotopic (exact) mass is 347 g/mol. The van der Waals surface area contributed by atoms with Crippen molar-refractivity contribution in [1.82, 2.24) is 0 Å². The molecule has 0 unspecified atom stereocenters. The van der Waals surface area contributed by atoms with Crippen LogP contribution in [0.15, 0.2) is 42.5 Å². The van der Waals surface area contributed by atoms with E-state index in [1.54, 1.807) is 12.1 Å². The van der Waals surface area contributed by atoms with E-state index in [2.05, 4.69) is 26.1 Å². The van der Waals surface area contributed by atoms with Gasteiger partial charge >= 0.3 is 5.97 Å². The number of benzene rings is 2. The predicted molar refractivity (Wildman–Crippen MR) is 90.4 cm³/mol. The second-order valence-corrected chi connectivity index (χ2v) is 6.61. The van der Waals surface area contributed by atoms with Crippen LogP contribution in [0, 0.1) is 11.6 Å². The summed E-state index contributed by atoms with van der Waals surface area (Å²) in [6.07, 6.45) is 0. The molecule has 0 aliphatic heterocycles. The van der Waals surface area contributed by atoms with Gasteiger partial charge < -0.3 is 10.1 Å². The van der Waals surface area contributed by atoms with Crippen LogP contribution in [0.5, 0.6) is 0 Å². The Balaban J connectivity index is 1.91. The lowest BCUT2D eigenvalue weighted by atomic mass is 9.87. The minimum atomic E-state index is -0.975. The first-order valence-corrected chi connectivity index (χ1v) is 7.69. The summed E-state index contributed by atoms with van der Waals surface area (Å²) in [6.45, 7) is 5.68. The molecule has 0 spiro atoms. The maximum absolute atomic E-state index is 13.1. The molecule has 1 N–H and O–H groups in total. The summed E-state index contributed by atoms with van der Waals surface area (Å²) < 4.78 is 30.9. The highest BCUT2D eigenvalue weighted by molar-refractivity contribution is 5.95. The van der Waals surface area contributed by atoms with Crippen LogP contribution in [0.1, 0.15) is 36.7 Å². The fraction of sp³-hybridized carbons (Fsp3) is 0.263. The lowest BCUT2D eigenvalue weighted by molar-refractivity contribution is -0.119. The Kier molecular flexibility index (Phi) is 5.51. The second-order valence-electron chi connectivity index (χ2n) is 6.61. The molecule has 2 rings (SSSR count). The molecule has 6 heteroatoms. The summed E-state index contributed by atoms with van der Waals surface area (Å²) in [5, 5.41) is 2.59. The van der Waals surface area contributed by atoms with Crippen molar-refractivity contribution in [2.45, 2.75) is 26.2 Å². The van der Waals surface area contributed by atoms with Gasteiger partial charge in [0.2, 0.25) is 0 Å². The van der Waals surface area contributed by atoms with E-state index in [0.29, 0.717) is 11.8 Å². The topological polar surface area (TPSA) is 55.4 Å². The van der Waals surface area contributed by atoms with Crippen LogP contribution < -0.4 is 5.32 Å². The van der Waals surface area contributed by atoms with Gasteiger partial charge in [0.05, 0.1) is 5.56 Å². The average molecular weight is 347 g/mol. The zero-order chi connectivity index (χ0) is 18.6. The number of anilines is 1. The normalized spacial score (nSPS) is 11.1. The molecule has 0 saturated heterocycles. The van der Waals surface area contributed by atoms with Crippen LogP contribution in [0.2, 0.25) is 0 Å². The minimum Gasteiger partial charge on any atom is -0.452 e.